The van der Waals surface area contributed by atoms with Crippen molar-refractivity contribution in [3.63, 3.8) is 0 Å². The Labute approximate surface area is 147 Å². The predicted molar refractivity (Wildman–Crippen MR) is 99.8 cm³/mol. The van der Waals surface area contributed by atoms with Crippen LogP contribution in [0.1, 0.15) is 36.4 Å². The van der Waals surface area contributed by atoms with Crippen LogP contribution < -0.4 is 5.73 Å². The summed E-state index contributed by atoms with van der Waals surface area (Å²) in [6.45, 7) is 0. The topological polar surface area (TPSA) is 58.7 Å². The minimum atomic E-state index is -0.491. The standard InChI is InChI=1S/C21H21N3O/c22-21(25)24-20(16-10-5-2-6-11-16)18-13-7-12-17(19(18)23-24)14-15-8-3-1-4-9-15/h1-6,8-11,14,18,20H,7,12-13H2,(H2,22,25)/b17-14+/t18-,20-/m1/s1. The summed E-state index contributed by atoms with van der Waals surface area (Å²) in [6, 6.07) is 19.7. The molecule has 2 atom stereocenters. The molecule has 126 valence electrons. The fraction of sp³-hybridized carbons (Fsp3) is 0.238. The van der Waals surface area contributed by atoms with Crippen LogP contribution in [0.4, 0.5) is 4.79 Å². The van der Waals surface area contributed by atoms with Crippen molar-refractivity contribution in [2.45, 2.75) is 25.3 Å². The van der Waals surface area contributed by atoms with Gasteiger partial charge in [0.25, 0.3) is 0 Å². The quantitative estimate of drug-likeness (QED) is 0.873. The molecule has 2 N–H and O–H groups in total. The van der Waals surface area contributed by atoms with E-state index >= 15 is 0 Å². The normalized spacial score (nSPS) is 24.1. The van der Waals surface area contributed by atoms with Crippen LogP contribution in [-0.2, 0) is 0 Å². The number of carbonyl (C=O) groups excluding carboxylic acids is 1. The number of nitrogens with two attached hydrogens (primary N) is 1. The maximum atomic E-state index is 12.0. The molecule has 1 aliphatic heterocycles. The number of allylic oxidation sites excluding steroid dienone is 1. The molecule has 2 aromatic carbocycles. The maximum absolute atomic E-state index is 12.0. The van der Waals surface area contributed by atoms with Crippen molar-refractivity contribution in [2.75, 3.05) is 0 Å². The SMILES string of the molecule is NC(=O)N1N=C2/C(=C/c3ccccc3)CCC[C@H]2[C@H]1c1ccccc1. The Morgan fingerprint density at radius 1 is 1.08 bits per heavy atom. The van der Waals surface area contributed by atoms with Gasteiger partial charge in [-0.2, -0.15) is 5.10 Å². The van der Waals surface area contributed by atoms with Crippen LogP contribution in [-0.4, -0.2) is 16.8 Å². The molecule has 0 aromatic heterocycles. The Hall–Kier alpha value is -2.88. The molecular formula is C21H21N3O. The van der Waals surface area contributed by atoms with Gasteiger partial charge in [0.05, 0.1) is 11.8 Å². The highest BCUT2D eigenvalue weighted by Gasteiger charge is 2.43. The zero-order valence-electron chi connectivity index (χ0n) is 14.0. The molecule has 2 amide bonds. The first-order valence-electron chi connectivity index (χ1n) is 8.72. The van der Waals surface area contributed by atoms with Crippen molar-refractivity contribution >= 4 is 17.8 Å². The minimum Gasteiger partial charge on any atom is -0.350 e. The summed E-state index contributed by atoms with van der Waals surface area (Å²) >= 11 is 0. The summed E-state index contributed by atoms with van der Waals surface area (Å²) in [7, 11) is 0. The smallest absolute Gasteiger partial charge is 0.335 e. The highest BCUT2D eigenvalue weighted by Crippen LogP contribution is 2.44. The summed E-state index contributed by atoms with van der Waals surface area (Å²) in [5.41, 5.74) is 10.1. The molecule has 1 saturated carbocycles. The molecule has 1 heterocycles. The third-order valence-electron chi connectivity index (χ3n) is 5.01. The number of hydrazone groups is 1. The molecule has 0 radical (unpaired) electrons. The largest absolute Gasteiger partial charge is 0.350 e. The lowest BCUT2D eigenvalue weighted by Gasteiger charge is -2.28. The monoisotopic (exact) mass is 331 g/mol. The van der Waals surface area contributed by atoms with E-state index in [0.717, 1.165) is 36.1 Å². The number of rotatable bonds is 2. The van der Waals surface area contributed by atoms with Gasteiger partial charge in [-0.15, -0.1) is 0 Å². The number of hydrogen-bond donors (Lipinski definition) is 1. The number of urea groups is 1. The lowest BCUT2D eigenvalue weighted by atomic mass is 9.77. The highest BCUT2D eigenvalue weighted by atomic mass is 16.2. The van der Waals surface area contributed by atoms with Crippen LogP contribution in [0, 0.1) is 5.92 Å². The molecular weight excluding hydrogens is 310 g/mol. The zero-order chi connectivity index (χ0) is 17.2. The second-order valence-electron chi connectivity index (χ2n) is 6.60. The summed E-state index contributed by atoms with van der Waals surface area (Å²) in [4.78, 5) is 12.0. The van der Waals surface area contributed by atoms with Gasteiger partial charge < -0.3 is 5.73 Å². The van der Waals surface area contributed by atoms with Crippen molar-refractivity contribution in [1.82, 2.24) is 5.01 Å². The van der Waals surface area contributed by atoms with E-state index in [0.29, 0.717) is 0 Å². The van der Waals surface area contributed by atoms with Gasteiger partial charge in [-0.25, -0.2) is 9.80 Å². The Kier molecular flexibility index (Phi) is 4.10. The fourth-order valence-corrected chi connectivity index (χ4v) is 3.92. The van der Waals surface area contributed by atoms with Crippen LogP contribution in [0.25, 0.3) is 6.08 Å². The first-order chi connectivity index (χ1) is 12.2. The average molecular weight is 331 g/mol. The van der Waals surface area contributed by atoms with E-state index in [-0.39, 0.29) is 12.0 Å². The van der Waals surface area contributed by atoms with Crippen LogP contribution >= 0.6 is 0 Å². The van der Waals surface area contributed by atoms with E-state index in [2.05, 4.69) is 23.3 Å². The second kappa shape index (κ2) is 6.55. The average Bonchev–Trinajstić information content (AvgIpc) is 3.04. The van der Waals surface area contributed by atoms with Gasteiger partial charge in [0, 0.05) is 5.92 Å². The number of carbonyl (C=O) groups is 1. The van der Waals surface area contributed by atoms with Gasteiger partial charge in [0.15, 0.2) is 0 Å². The molecule has 0 bridgehead atoms. The number of nitrogens with zero attached hydrogens (tertiary/aromatic N) is 2. The van der Waals surface area contributed by atoms with Gasteiger partial charge in [0.2, 0.25) is 0 Å². The van der Waals surface area contributed by atoms with Gasteiger partial charge in [-0.3, -0.25) is 0 Å². The third-order valence-corrected chi connectivity index (χ3v) is 5.01. The first kappa shape index (κ1) is 15.6. The Balaban J connectivity index is 1.74. The van der Waals surface area contributed by atoms with E-state index in [9.17, 15) is 4.79 Å². The van der Waals surface area contributed by atoms with E-state index in [1.54, 1.807) is 0 Å². The molecule has 4 heteroatoms. The summed E-state index contributed by atoms with van der Waals surface area (Å²) in [5.74, 6) is 0.207. The highest BCUT2D eigenvalue weighted by molar-refractivity contribution is 6.08. The van der Waals surface area contributed by atoms with E-state index in [4.69, 9.17) is 5.73 Å². The van der Waals surface area contributed by atoms with Crippen molar-refractivity contribution in [1.29, 1.82) is 0 Å². The number of hydrogen-bond acceptors (Lipinski definition) is 2. The second-order valence-corrected chi connectivity index (χ2v) is 6.60. The lowest BCUT2D eigenvalue weighted by molar-refractivity contribution is 0.184. The molecule has 0 saturated heterocycles. The van der Waals surface area contributed by atoms with Crippen LogP contribution in [0.5, 0.6) is 0 Å². The third kappa shape index (κ3) is 2.95. The number of primary amides is 1. The summed E-state index contributed by atoms with van der Waals surface area (Å²) < 4.78 is 0. The molecule has 1 aliphatic carbocycles. The fourth-order valence-electron chi connectivity index (χ4n) is 3.92. The molecule has 25 heavy (non-hydrogen) atoms. The molecule has 2 aliphatic rings. The van der Waals surface area contributed by atoms with Crippen molar-refractivity contribution < 1.29 is 4.79 Å². The van der Waals surface area contributed by atoms with E-state index in [1.165, 1.54) is 10.6 Å². The van der Waals surface area contributed by atoms with Crippen LogP contribution in [0.3, 0.4) is 0 Å². The lowest BCUT2D eigenvalue weighted by Crippen LogP contribution is -2.35. The minimum absolute atomic E-state index is 0.104. The number of amides is 2. The first-order valence-corrected chi connectivity index (χ1v) is 8.72. The molecule has 4 nitrogen and oxygen atoms in total. The molecule has 4 rings (SSSR count). The van der Waals surface area contributed by atoms with Crippen molar-refractivity contribution in [2.24, 2.45) is 16.8 Å². The van der Waals surface area contributed by atoms with E-state index < -0.39 is 6.03 Å². The van der Waals surface area contributed by atoms with Gasteiger partial charge >= 0.3 is 6.03 Å². The summed E-state index contributed by atoms with van der Waals surface area (Å²) in [6.07, 6.45) is 5.29. The maximum Gasteiger partial charge on any atom is 0.335 e. The van der Waals surface area contributed by atoms with Gasteiger partial charge in [-0.1, -0.05) is 60.7 Å². The zero-order valence-corrected chi connectivity index (χ0v) is 14.0. The molecule has 1 fully saturated rings. The van der Waals surface area contributed by atoms with Crippen molar-refractivity contribution in [3.8, 4) is 0 Å². The van der Waals surface area contributed by atoms with Gasteiger partial charge in [0.1, 0.15) is 0 Å². The molecule has 0 unspecified atom stereocenters. The Bertz CT molecular complexity index is 827. The predicted octanol–water partition coefficient (Wildman–Crippen LogP) is 4.36. The molecule has 2 aromatic rings. The molecule has 0 spiro atoms. The van der Waals surface area contributed by atoms with Crippen LogP contribution in [0.2, 0.25) is 0 Å². The van der Waals surface area contributed by atoms with Crippen molar-refractivity contribution in [3.05, 3.63) is 77.4 Å². The Morgan fingerprint density at radius 3 is 2.44 bits per heavy atom. The van der Waals surface area contributed by atoms with Crippen LogP contribution in [0.15, 0.2) is 71.3 Å². The summed E-state index contributed by atoms with van der Waals surface area (Å²) in [5, 5.41) is 6.12. The van der Waals surface area contributed by atoms with E-state index in [1.807, 2.05) is 48.5 Å². The number of benzene rings is 2. The Morgan fingerprint density at radius 2 is 1.76 bits per heavy atom. The van der Waals surface area contributed by atoms with Gasteiger partial charge in [-0.05, 0) is 42.0 Å². The number of fused-ring (bicyclic) bond motifs is 1.